The van der Waals surface area contributed by atoms with Crippen LogP contribution in [0.4, 0.5) is 10.1 Å². The zero-order chi connectivity index (χ0) is 22.3. The van der Waals surface area contributed by atoms with Gasteiger partial charge < -0.3 is 19.3 Å². The van der Waals surface area contributed by atoms with E-state index >= 15 is 0 Å². The van der Waals surface area contributed by atoms with Gasteiger partial charge in [-0.3, -0.25) is 4.79 Å². The molecular weight excluding hydrogens is 413 g/mol. The predicted molar refractivity (Wildman–Crippen MR) is 116 cm³/mol. The van der Waals surface area contributed by atoms with Gasteiger partial charge in [0.15, 0.2) is 13.2 Å². The number of carbonyl (C=O) groups is 1. The van der Waals surface area contributed by atoms with Crippen molar-refractivity contribution in [3.63, 3.8) is 0 Å². The lowest BCUT2D eigenvalue weighted by atomic mass is 10.2. The standard InChI is InChI=1S/C24H20FN3O4/c1-16-4-2-6-19(12-16)26-22(29)14-30-21-7-3-5-17(13-21)24-27-23(32-28-24)15-31-20-10-8-18(25)9-11-20/h2-13H,14-15H2,1H3,(H,26,29). The zero-order valence-electron chi connectivity index (χ0n) is 17.2. The predicted octanol–water partition coefficient (Wildman–Crippen LogP) is 4.78. The van der Waals surface area contributed by atoms with Gasteiger partial charge in [-0.1, -0.05) is 29.4 Å². The second-order valence-corrected chi connectivity index (χ2v) is 6.99. The molecule has 4 rings (SSSR count). The molecule has 162 valence electrons. The minimum absolute atomic E-state index is 0.0496. The molecule has 0 radical (unpaired) electrons. The highest BCUT2D eigenvalue weighted by atomic mass is 19.1. The average Bonchev–Trinajstić information content (AvgIpc) is 3.27. The molecule has 0 saturated carbocycles. The molecule has 4 aromatic rings. The van der Waals surface area contributed by atoms with E-state index in [9.17, 15) is 9.18 Å². The van der Waals surface area contributed by atoms with E-state index in [1.807, 2.05) is 31.2 Å². The monoisotopic (exact) mass is 433 g/mol. The second kappa shape index (κ2) is 9.74. The molecule has 0 spiro atoms. The molecule has 3 aromatic carbocycles. The van der Waals surface area contributed by atoms with Gasteiger partial charge in [-0.15, -0.1) is 0 Å². The second-order valence-electron chi connectivity index (χ2n) is 6.99. The van der Waals surface area contributed by atoms with E-state index in [1.54, 1.807) is 24.3 Å². The summed E-state index contributed by atoms with van der Waals surface area (Å²) in [5.74, 6) is 1.01. The van der Waals surface area contributed by atoms with E-state index in [1.165, 1.54) is 24.3 Å². The van der Waals surface area contributed by atoms with E-state index in [0.29, 0.717) is 22.9 Å². The molecule has 0 bridgehead atoms. The minimum Gasteiger partial charge on any atom is -0.484 e. The summed E-state index contributed by atoms with van der Waals surface area (Å²) in [4.78, 5) is 16.5. The number of rotatable bonds is 8. The Hall–Kier alpha value is -4.20. The number of aromatic nitrogens is 2. The molecule has 1 aromatic heterocycles. The van der Waals surface area contributed by atoms with E-state index in [-0.39, 0.29) is 30.8 Å². The zero-order valence-corrected chi connectivity index (χ0v) is 17.2. The van der Waals surface area contributed by atoms with Crippen LogP contribution in [-0.2, 0) is 11.4 Å². The molecule has 7 nitrogen and oxygen atoms in total. The molecule has 0 fully saturated rings. The summed E-state index contributed by atoms with van der Waals surface area (Å²) >= 11 is 0. The number of nitrogens with one attached hydrogen (secondary N) is 1. The number of hydrogen-bond donors (Lipinski definition) is 1. The minimum atomic E-state index is -0.341. The Balaban J connectivity index is 1.33. The smallest absolute Gasteiger partial charge is 0.264 e. The summed E-state index contributed by atoms with van der Waals surface area (Å²) in [6.45, 7) is 1.87. The number of halogens is 1. The van der Waals surface area contributed by atoms with Crippen LogP contribution in [0, 0.1) is 12.7 Å². The Morgan fingerprint density at radius 1 is 1.00 bits per heavy atom. The Labute approximate surface area is 183 Å². The average molecular weight is 433 g/mol. The molecule has 1 N–H and O–H groups in total. The molecule has 1 amide bonds. The first-order valence-electron chi connectivity index (χ1n) is 9.86. The van der Waals surface area contributed by atoms with Gasteiger partial charge in [-0.25, -0.2) is 4.39 Å². The summed E-state index contributed by atoms with van der Waals surface area (Å²) in [6.07, 6.45) is 0. The van der Waals surface area contributed by atoms with Crippen LogP contribution in [0.5, 0.6) is 11.5 Å². The van der Waals surface area contributed by atoms with Crippen LogP contribution < -0.4 is 14.8 Å². The topological polar surface area (TPSA) is 86.5 Å². The molecular formula is C24H20FN3O4. The summed E-state index contributed by atoms with van der Waals surface area (Å²) < 4.78 is 29.3. The molecule has 0 aliphatic heterocycles. The summed E-state index contributed by atoms with van der Waals surface area (Å²) in [7, 11) is 0. The van der Waals surface area contributed by atoms with Gasteiger partial charge in [0, 0.05) is 11.3 Å². The van der Waals surface area contributed by atoms with Gasteiger partial charge in [-0.2, -0.15) is 4.98 Å². The Morgan fingerprint density at radius 2 is 1.81 bits per heavy atom. The van der Waals surface area contributed by atoms with Crippen molar-refractivity contribution in [1.29, 1.82) is 0 Å². The number of anilines is 1. The molecule has 0 atom stereocenters. The number of aryl methyl sites for hydroxylation is 1. The number of carbonyl (C=O) groups excluding carboxylic acids is 1. The Morgan fingerprint density at radius 3 is 2.62 bits per heavy atom. The van der Waals surface area contributed by atoms with Gasteiger partial charge in [0.05, 0.1) is 0 Å². The highest BCUT2D eigenvalue weighted by Crippen LogP contribution is 2.22. The lowest BCUT2D eigenvalue weighted by Crippen LogP contribution is -2.20. The lowest BCUT2D eigenvalue weighted by molar-refractivity contribution is -0.118. The Bertz CT molecular complexity index is 1210. The van der Waals surface area contributed by atoms with Crippen LogP contribution in [0.25, 0.3) is 11.4 Å². The summed E-state index contributed by atoms with van der Waals surface area (Å²) in [5.41, 5.74) is 2.44. The summed E-state index contributed by atoms with van der Waals surface area (Å²) in [6, 6.07) is 20.2. The van der Waals surface area contributed by atoms with Crippen molar-refractivity contribution >= 4 is 11.6 Å². The first-order valence-corrected chi connectivity index (χ1v) is 9.86. The van der Waals surface area contributed by atoms with E-state index in [2.05, 4.69) is 15.5 Å². The van der Waals surface area contributed by atoms with Gasteiger partial charge in [0.25, 0.3) is 11.8 Å². The van der Waals surface area contributed by atoms with Crippen molar-refractivity contribution in [3.05, 3.63) is 90.1 Å². The number of nitrogens with zero attached hydrogens (tertiary/aromatic N) is 2. The van der Waals surface area contributed by atoms with Crippen LogP contribution in [0.15, 0.2) is 77.3 Å². The van der Waals surface area contributed by atoms with E-state index < -0.39 is 0 Å². The van der Waals surface area contributed by atoms with E-state index in [4.69, 9.17) is 14.0 Å². The van der Waals surface area contributed by atoms with Gasteiger partial charge in [-0.05, 0) is 61.0 Å². The lowest BCUT2D eigenvalue weighted by Gasteiger charge is -2.08. The van der Waals surface area contributed by atoms with Crippen LogP contribution >= 0.6 is 0 Å². The molecule has 0 aliphatic carbocycles. The number of ether oxygens (including phenoxy) is 2. The van der Waals surface area contributed by atoms with Crippen molar-refractivity contribution in [1.82, 2.24) is 10.1 Å². The maximum Gasteiger partial charge on any atom is 0.264 e. The first-order chi connectivity index (χ1) is 15.5. The van der Waals surface area contributed by atoms with Crippen molar-refractivity contribution < 1.29 is 23.2 Å². The van der Waals surface area contributed by atoms with Crippen LogP contribution in [0.1, 0.15) is 11.5 Å². The quantitative estimate of drug-likeness (QED) is 0.430. The first kappa shape index (κ1) is 21.0. The maximum absolute atomic E-state index is 13.0. The van der Waals surface area contributed by atoms with Crippen molar-refractivity contribution in [2.24, 2.45) is 0 Å². The van der Waals surface area contributed by atoms with Crippen LogP contribution in [0.2, 0.25) is 0 Å². The van der Waals surface area contributed by atoms with Crippen LogP contribution in [-0.4, -0.2) is 22.7 Å². The number of amides is 1. The molecule has 0 unspecified atom stereocenters. The number of hydrogen-bond acceptors (Lipinski definition) is 6. The molecule has 0 saturated heterocycles. The Kier molecular flexibility index (Phi) is 6.41. The number of benzene rings is 3. The van der Waals surface area contributed by atoms with Gasteiger partial charge in [0.2, 0.25) is 5.82 Å². The van der Waals surface area contributed by atoms with Gasteiger partial charge in [0.1, 0.15) is 17.3 Å². The highest BCUT2D eigenvalue weighted by molar-refractivity contribution is 5.91. The SMILES string of the molecule is Cc1cccc(NC(=O)COc2cccc(-c3noc(COc4ccc(F)cc4)n3)c2)c1. The molecule has 8 heteroatoms. The largest absolute Gasteiger partial charge is 0.484 e. The maximum atomic E-state index is 13.0. The van der Waals surface area contributed by atoms with Gasteiger partial charge >= 0.3 is 0 Å². The van der Waals surface area contributed by atoms with E-state index in [0.717, 1.165) is 11.3 Å². The fourth-order valence-electron chi connectivity index (χ4n) is 2.90. The fraction of sp³-hybridized carbons (Fsp3) is 0.125. The third-order valence-electron chi connectivity index (χ3n) is 4.41. The third-order valence-corrected chi connectivity index (χ3v) is 4.41. The van der Waals surface area contributed by atoms with Crippen molar-refractivity contribution in [3.8, 4) is 22.9 Å². The molecule has 32 heavy (non-hydrogen) atoms. The summed E-state index contributed by atoms with van der Waals surface area (Å²) in [5, 5.41) is 6.75. The normalized spacial score (nSPS) is 10.6. The van der Waals surface area contributed by atoms with Crippen molar-refractivity contribution in [2.45, 2.75) is 13.5 Å². The molecule has 1 heterocycles. The van der Waals surface area contributed by atoms with Crippen molar-refractivity contribution in [2.75, 3.05) is 11.9 Å². The third kappa shape index (κ3) is 5.69. The fourth-order valence-corrected chi connectivity index (χ4v) is 2.90. The molecule has 0 aliphatic rings. The highest BCUT2D eigenvalue weighted by Gasteiger charge is 2.11. The van der Waals surface area contributed by atoms with Crippen LogP contribution in [0.3, 0.4) is 0 Å².